The van der Waals surface area contributed by atoms with Crippen LogP contribution in [0.2, 0.25) is 5.02 Å². The van der Waals surface area contributed by atoms with Crippen molar-refractivity contribution in [2.45, 2.75) is 6.54 Å². The van der Waals surface area contributed by atoms with E-state index >= 15 is 0 Å². The molecule has 0 saturated heterocycles. The summed E-state index contributed by atoms with van der Waals surface area (Å²) in [7, 11) is 0. The summed E-state index contributed by atoms with van der Waals surface area (Å²) in [5, 5.41) is 25.7. The number of carboxylic acid groups (broad SMARTS) is 1. The van der Waals surface area contributed by atoms with Crippen molar-refractivity contribution < 1.29 is 14.8 Å². The van der Waals surface area contributed by atoms with Gasteiger partial charge in [0.1, 0.15) is 12.4 Å². The van der Waals surface area contributed by atoms with E-state index in [1.165, 1.54) is 12.1 Å². The van der Waals surface area contributed by atoms with Crippen molar-refractivity contribution >= 4 is 34.9 Å². The normalized spacial score (nSPS) is 10.1. The van der Waals surface area contributed by atoms with Gasteiger partial charge in [-0.15, -0.1) is 0 Å². The summed E-state index contributed by atoms with van der Waals surface area (Å²) in [5.41, 5.74) is 0.665. The number of hydrogen-bond acceptors (Lipinski definition) is 6. The van der Waals surface area contributed by atoms with Crippen LogP contribution < -0.4 is 10.6 Å². The smallest absolute Gasteiger partial charge is 0.322 e. The van der Waals surface area contributed by atoms with E-state index in [2.05, 4.69) is 15.6 Å². The number of nitrogens with zero attached hydrogens (tertiary/aromatic N) is 2. The second kappa shape index (κ2) is 7.41. The third kappa shape index (κ3) is 4.82. The number of hydrogen-bond donors (Lipinski definition) is 3. The summed E-state index contributed by atoms with van der Waals surface area (Å²) in [6.45, 7) is -0.0190. The Hall–Kier alpha value is -2.87. The van der Waals surface area contributed by atoms with Crippen LogP contribution in [0.15, 0.2) is 36.4 Å². The SMILES string of the molecule is O=C(O)CNc1nc(NCc2ccc(Cl)cc2)ccc1[N+](=O)[O-]. The van der Waals surface area contributed by atoms with Crippen molar-refractivity contribution in [1.29, 1.82) is 0 Å². The number of aromatic nitrogens is 1. The van der Waals surface area contributed by atoms with E-state index in [1.54, 1.807) is 12.1 Å². The van der Waals surface area contributed by atoms with E-state index in [0.717, 1.165) is 5.56 Å². The molecule has 0 atom stereocenters. The molecule has 2 rings (SSSR count). The van der Waals surface area contributed by atoms with Crippen molar-refractivity contribution in [2.24, 2.45) is 0 Å². The molecule has 8 nitrogen and oxygen atoms in total. The molecule has 0 unspecified atom stereocenters. The molecule has 0 spiro atoms. The molecule has 9 heteroatoms. The zero-order valence-electron chi connectivity index (χ0n) is 11.8. The first kappa shape index (κ1) is 16.5. The Balaban J connectivity index is 2.12. The Labute approximate surface area is 136 Å². The van der Waals surface area contributed by atoms with Crippen LogP contribution in [0.5, 0.6) is 0 Å². The largest absolute Gasteiger partial charge is 0.480 e. The lowest BCUT2D eigenvalue weighted by Gasteiger charge is -2.09. The average Bonchev–Trinajstić information content (AvgIpc) is 2.52. The number of halogens is 1. The van der Waals surface area contributed by atoms with E-state index in [1.807, 2.05) is 12.1 Å². The summed E-state index contributed by atoms with van der Waals surface area (Å²) < 4.78 is 0. The van der Waals surface area contributed by atoms with Crippen LogP contribution >= 0.6 is 11.6 Å². The Bertz CT molecular complexity index is 721. The molecule has 120 valence electrons. The van der Waals surface area contributed by atoms with Gasteiger partial charge < -0.3 is 15.7 Å². The number of nitrogens with one attached hydrogen (secondary N) is 2. The van der Waals surface area contributed by atoms with Gasteiger partial charge >= 0.3 is 11.7 Å². The fourth-order valence-corrected chi connectivity index (χ4v) is 1.91. The third-order valence-corrected chi connectivity index (χ3v) is 3.12. The van der Waals surface area contributed by atoms with Crippen LogP contribution in [-0.4, -0.2) is 27.5 Å². The Morgan fingerprint density at radius 3 is 2.52 bits per heavy atom. The minimum atomic E-state index is -1.14. The number of benzene rings is 1. The highest BCUT2D eigenvalue weighted by atomic mass is 35.5. The number of nitro groups is 1. The van der Waals surface area contributed by atoms with Gasteiger partial charge in [-0.05, 0) is 23.8 Å². The van der Waals surface area contributed by atoms with E-state index in [0.29, 0.717) is 17.4 Å². The minimum Gasteiger partial charge on any atom is -0.480 e. The fraction of sp³-hybridized carbons (Fsp3) is 0.143. The topological polar surface area (TPSA) is 117 Å². The van der Waals surface area contributed by atoms with Crippen LogP contribution in [0, 0.1) is 10.1 Å². The molecule has 1 aromatic carbocycles. The van der Waals surface area contributed by atoms with E-state index < -0.39 is 17.4 Å². The van der Waals surface area contributed by atoms with Gasteiger partial charge in [-0.1, -0.05) is 23.7 Å². The zero-order valence-corrected chi connectivity index (χ0v) is 12.6. The number of aliphatic carboxylic acids is 1. The van der Waals surface area contributed by atoms with Crippen LogP contribution in [0.1, 0.15) is 5.56 Å². The van der Waals surface area contributed by atoms with E-state index in [-0.39, 0.29) is 11.5 Å². The highest BCUT2D eigenvalue weighted by molar-refractivity contribution is 6.30. The molecule has 0 aliphatic carbocycles. The van der Waals surface area contributed by atoms with Crippen molar-refractivity contribution in [3.63, 3.8) is 0 Å². The molecule has 2 aromatic rings. The van der Waals surface area contributed by atoms with E-state index in [4.69, 9.17) is 16.7 Å². The predicted octanol–water partition coefficient (Wildman–Crippen LogP) is 2.75. The number of anilines is 2. The van der Waals surface area contributed by atoms with Gasteiger partial charge in [0.2, 0.25) is 5.82 Å². The molecular formula is C14H13ClN4O4. The van der Waals surface area contributed by atoms with Gasteiger partial charge in [0.05, 0.1) is 4.92 Å². The number of carboxylic acids is 1. The van der Waals surface area contributed by atoms with Gasteiger partial charge in [0.25, 0.3) is 0 Å². The van der Waals surface area contributed by atoms with Crippen LogP contribution in [0.25, 0.3) is 0 Å². The third-order valence-electron chi connectivity index (χ3n) is 2.86. The summed E-state index contributed by atoms with van der Waals surface area (Å²) in [5.74, 6) is -0.849. The van der Waals surface area contributed by atoms with Crippen molar-refractivity contribution in [3.05, 3.63) is 57.1 Å². The number of carbonyl (C=O) groups is 1. The van der Waals surface area contributed by atoms with Gasteiger partial charge in [-0.2, -0.15) is 0 Å². The lowest BCUT2D eigenvalue weighted by molar-refractivity contribution is -0.384. The quantitative estimate of drug-likeness (QED) is 0.525. The first-order valence-corrected chi connectivity index (χ1v) is 6.93. The highest BCUT2D eigenvalue weighted by Crippen LogP contribution is 2.24. The summed E-state index contributed by atoms with van der Waals surface area (Å²) >= 11 is 5.80. The molecule has 0 amide bonds. The molecule has 0 bridgehead atoms. The zero-order chi connectivity index (χ0) is 16.8. The van der Waals surface area contributed by atoms with Gasteiger partial charge in [-0.3, -0.25) is 14.9 Å². The lowest BCUT2D eigenvalue weighted by Crippen LogP contribution is -2.15. The molecule has 0 fully saturated rings. The van der Waals surface area contributed by atoms with E-state index in [9.17, 15) is 14.9 Å². The first-order valence-electron chi connectivity index (χ1n) is 6.55. The van der Waals surface area contributed by atoms with Gasteiger partial charge in [0, 0.05) is 17.6 Å². The van der Waals surface area contributed by atoms with Crippen molar-refractivity contribution in [2.75, 3.05) is 17.2 Å². The summed E-state index contributed by atoms with van der Waals surface area (Å²) in [6.07, 6.45) is 0. The minimum absolute atomic E-state index is 0.0986. The monoisotopic (exact) mass is 336 g/mol. The Morgan fingerprint density at radius 2 is 1.91 bits per heavy atom. The molecule has 1 heterocycles. The molecule has 3 N–H and O–H groups in total. The molecule has 0 aliphatic heterocycles. The molecule has 1 aromatic heterocycles. The predicted molar refractivity (Wildman–Crippen MR) is 85.8 cm³/mol. The Kier molecular flexibility index (Phi) is 5.32. The standard InChI is InChI=1S/C14H13ClN4O4/c15-10-3-1-9(2-4-10)7-16-12-6-5-11(19(22)23)14(18-12)17-8-13(20)21/h1-6H,7-8H2,(H,20,21)(H2,16,17,18). The number of rotatable bonds is 7. The van der Waals surface area contributed by atoms with Crippen LogP contribution in [0.3, 0.4) is 0 Å². The summed E-state index contributed by atoms with van der Waals surface area (Å²) in [4.78, 5) is 24.9. The molecule has 23 heavy (non-hydrogen) atoms. The maximum atomic E-state index is 10.9. The van der Waals surface area contributed by atoms with Crippen LogP contribution in [0.4, 0.5) is 17.3 Å². The molecule has 0 saturated carbocycles. The second-order valence-electron chi connectivity index (χ2n) is 4.55. The van der Waals surface area contributed by atoms with Crippen molar-refractivity contribution in [3.8, 4) is 0 Å². The summed E-state index contributed by atoms with van der Waals surface area (Å²) in [6, 6.07) is 9.90. The highest BCUT2D eigenvalue weighted by Gasteiger charge is 2.16. The average molecular weight is 337 g/mol. The lowest BCUT2D eigenvalue weighted by atomic mass is 10.2. The fourth-order valence-electron chi connectivity index (χ4n) is 1.78. The van der Waals surface area contributed by atoms with Gasteiger partial charge in [-0.25, -0.2) is 4.98 Å². The van der Waals surface area contributed by atoms with Crippen molar-refractivity contribution in [1.82, 2.24) is 4.98 Å². The maximum Gasteiger partial charge on any atom is 0.322 e. The maximum absolute atomic E-state index is 10.9. The Morgan fingerprint density at radius 1 is 1.22 bits per heavy atom. The first-order chi connectivity index (χ1) is 11.0. The van der Waals surface area contributed by atoms with Gasteiger partial charge in [0.15, 0.2) is 0 Å². The molecule has 0 radical (unpaired) electrons. The number of pyridine rings is 1. The molecular weight excluding hydrogens is 324 g/mol. The molecule has 0 aliphatic rings. The second-order valence-corrected chi connectivity index (χ2v) is 4.99. The van der Waals surface area contributed by atoms with Crippen LogP contribution in [-0.2, 0) is 11.3 Å².